The molecule has 0 aromatic rings. The summed E-state index contributed by atoms with van der Waals surface area (Å²) in [5, 5.41) is 0. The summed E-state index contributed by atoms with van der Waals surface area (Å²) >= 11 is 0. The van der Waals surface area contributed by atoms with E-state index >= 15 is 0 Å². The van der Waals surface area contributed by atoms with E-state index in [0.717, 1.165) is 18.3 Å². The highest BCUT2D eigenvalue weighted by Crippen LogP contribution is 2.81. The molecule has 0 bridgehead atoms. The Hall–Kier alpha value is -0.790. The van der Waals surface area contributed by atoms with Crippen molar-refractivity contribution in [3.63, 3.8) is 0 Å². The van der Waals surface area contributed by atoms with Gasteiger partial charge in [-0.25, -0.2) is 0 Å². The van der Waals surface area contributed by atoms with Crippen molar-refractivity contribution < 1.29 is 9.53 Å². The third kappa shape index (κ3) is 3.10. The van der Waals surface area contributed by atoms with Crippen LogP contribution in [0.3, 0.4) is 0 Å². The van der Waals surface area contributed by atoms with E-state index in [0.29, 0.717) is 38.9 Å². The fourth-order valence-electron chi connectivity index (χ4n) is 12.5. The predicted molar refractivity (Wildman–Crippen MR) is 145 cm³/mol. The molecule has 0 saturated heterocycles. The number of hydrogen-bond donors (Lipinski definition) is 0. The molecule has 35 heavy (non-hydrogen) atoms. The molecule has 0 aliphatic heterocycles. The molecule has 10 atom stereocenters. The van der Waals surface area contributed by atoms with Gasteiger partial charge in [0, 0.05) is 12.3 Å². The molecule has 5 rings (SSSR count). The molecule has 0 spiro atoms. The Morgan fingerprint density at radius 3 is 2.00 bits per heavy atom. The van der Waals surface area contributed by atoms with Crippen molar-refractivity contribution in [1.82, 2.24) is 0 Å². The fraction of sp³-hybridized carbons (Fsp3) is 0.909. The van der Waals surface area contributed by atoms with Gasteiger partial charge in [0.25, 0.3) is 0 Å². The topological polar surface area (TPSA) is 26.3 Å². The summed E-state index contributed by atoms with van der Waals surface area (Å²) in [6, 6.07) is 0. The minimum Gasteiger partial charge on any atom is -0.462 e. The van der Waals surface area contributed by atoms with Crippen LogP contribution in [0, 0.1) is 56.2 Å². The maximum atomic E-state index is 11.9. The maximum absolute atomic E-state index is 11.9. The summed E-state index contributed by atoms with van der Waals surface area (Å²) in [6.07, 6.45) is 13.2. The summed E-state index contributed by atoms with van der Waals surface area (Å²) in [7, 11) is 0. The van der Waals surface area contributed by atoms with Crippen LogP contribution >= 0.6 is 0 Å². The van der Waals surface area contributed by atoms with Gasteiger partial charge >= 0.3 is 5.97 Å². The van der Waals surface area contributed by atoms with Crippen LogP contribution in [-0.4, -0.2) is 12.1 Å². The molecule has 5 fully saturated rings. The number of ether oxygens (including phenoxy) is 1. The predicted octanol–water partition coefficient (Wildman–Crippen LogP) is 8.99. The van der Waals surface area contributed by atoms with Crippen molar-refractivity contribution in [3.8, 4) is 0 Å². The molecule has 2 nitrogen and oxygen atoms in total. The van der Waals surface area contributed by atoms with Gasteiger partial charge in [0.15, 0.2) is 0 Å². The van der Waals surface area contributed by atoms with E-state index in [-0.39, 0.29) is 17.5 Å². The third-order valence-electron chi connectivity index (χ3n) is 14.5. The van der Waals surface area contributed by atoms with Gasteiger partial charge in [0.05, 0.1) is 0 Å². The Kier molecular flexibility index (Phi) is 5.63. The molecule has 5 aliphatic carbocycles. The van der Waals surface area contributed by atoms with Crippen LogP contribution in [-0.2, 0) is 9.53 Å². The number of allylic oxidation sites excluding steroid dienone is 1. The van der Waals surface area contributed by atoms with Gasteiger partial charge < -0.3 is 4.74 Å². The van der Waals surface area contributed by atoms with Gasteiger partial charge in [-0.15, -0.1) is 0 Å². The first-order chi connectivity index (χ1) is 16.1. The van der Waals surface area contributed by atoms with E-state index in [4.69, 9.17) is 4.74 Å². The maximum Gasteiger partial charge on any atom is 0.302 e. The van der Waals surface area contributed by atoms with Crippen LogP contribution in [0.25, 0.3) is 0 Å². The van der Waals surface area contributed by atoms with Gasteiger partial charge in [0.2, 0.25) is 0 Å². The average molecular weight is 483 g/mol. The highest BCUT2D eigenvalue weighted by molar-refractivity contribution is 5.66. The Bertz CT molecular complexity index is 918. The first-order valence-electron chi connectivity index (χ1n) is 14.9. The van der Waals surface area contributed by atoms with Crippen molar-refractivity contribution >= 4 is 5.97 Å². The van der Waals surface area contributed by atoms with E-state index in [2.05, 4.69) is 62.0 Å². The van der Waals surface area contributed by atoms with E-state index in [1.807, 2.05) is 0 Å². The Labute approximate surface area is 216 Å². The fourth-order valence-corrected chi connectivity index (χ4v) is 12.5. The lowest BCUT2D eigenvalue weighted by molar-refractivity contribution is -0.276. The smallest absolute Gasteiger partial charge is 0.302 e. The van der Waals surface area contributed by atoms with Gasteiger partial charge in [-0.1, -0.05) is 60.6 Å². The normalized spacial score (nSPS) is 54.6. The zero-order valence-electron chi connectivity index (χ0n) is 24.5. The molecule has 0 aromatic heterocycles. The highest BCUT2D eigenvalue weighted by atomic mass is 16.5. The number of hydrogen-bond acceptors (Lipinski definition) is 2. The Morgan fingerprint density at radius 2 is 1.37 bits per heavy atom. The molecule has 0 aromatic carbocycles. The lowest BCUT2D eigenvalue weighted by atomic mass is 9.29. The van der Waals surface area contributed by atoms with Crippen LogP contribution in [0.2, 0.25) is 0 Å². The van der Waals surface area contributed by atoms with Crippen molar-refractivity contribution in [2.75, 3.05) is 0 Å². The summed E-state index contributed by atoms with van der Waals surface area (Å²) in [5.41, 5.74) is 3.45. The molecule has 0 heterocycles. The lowest BCUT2D eigenvalue weighted by Crippen LogP contribution is -2.69. The third-order valence-corrected chi connectivity index (χ3v) is 14.5. The minimum atomic E-state index is -0.109. The minimum absolute atomic E-state index is 0.0449. The Balaban J connectivity index is 1.54. The number of esters is 1. The van der Waals surface area contributed by atoms with Crippen LogP contribution in [0.4, 0.5) is 0 Å². The van der Waals surface area contributed by atoms with Crippen LogP contribution in [0.1, 0.15) is 127 Å². The Morgan fingerprint density at radius 1 is 0.743 bits per heavy atom. The number of rotatable bonds is 2. The average Bonchev–Trinajstić information content (AvgIpc) is 3.11. The lowest BCUT2D eigenvalue weighted by Gasteiger charge is -2.76. The molecular formula is C33H54O2. The second-order valence-electron chi connectivity index (χ2n) is 15.9. The standard InChI is InChI=1S/C33H54O2/c1-21(2)23-11-15-29(6)19-20-33(10)31(8)17-12-24-28(4,5)26(35-22(3)34)14-16-30(24,7)25(31)13-18-32(33,9)27(23)29/h23-27H,1,11-20H2,2-10H3. The van der Waals surface area contributed by atoms with Gasteiger partial charge in [-0.3, -0.25) is 4.79 Å². The van der Waals surface area contributed by atoms with E-state index in [9.17, 15) is 4.79 Å². The molecule has 0 amide bonds. The number of carbonyl (C=O) groups excluding carboxylic acids is 1. The number of carbonyl (C=O) groups is 1. The van der Waals surface area contributed by atoms with Crippen molar-refractivity contribution in [3.05, 3.63) is 12.2 Å². The second-order valence-corrected chi connectivity index (χ2v) is 15.9. The van der Waals surface area contributed by atoms with Crippen molar-refractivity contribution in [1.29, 1.82) is 0 Å². The van der Waals surface area contributed by atoms with E-state index < -0.39 is 0 Å². The summed E-state index contributed by atoms with van der Waals surface area (Å²) < 4.78 is 5.93. The molecule has 10 unspecified atom stereocenters. The quantitative estimate of drug-likeness (QED) is 0.290. The van der Waals surface area contributed by atoms with Crippen LogP contribution in [0.5, 0.6) is 0 Å². The summed E-state index contributed by atoms with van der Waals surface area (Å²) in [5.74, 6) is 2.77. The van der Waals surface area contributed by atoms with E-state index in [1.165, 1.54) is 63.4 Å². The molecule has 0 N–H and O–H groups in total. The molecule has 2 heteroatoms. The van der Waals surface area contributed by atoms with Gasteiger partial charge in [-0.05, 0) is 122 Å². The van der Waals surface area contributed by atoms with Gasteiger partial charge in [-0.2, -0.15) is 0 Å². The number of fused-ring (bicyclic) bond motifs is 7. The first kappa shape index (κ1) is 25.8. The van der Waals surface area contributed by atoms with Crippen LogP contribution in [0.15, 0.2) is 12.2 Å². The first-order valence-corrected chi connectivity index (χ1v) is 14.9. The van der Waals surface area contributed by atoms with Gasteiger partial charge in [0.1, 0.15) is 6.10 Å². The zero-order valence-corrected chi connectivity index (χ0v) is 24.5. The zero-order chi connectivity index (χ0) is 25.8. The van der Waals surface area contributed by atoms with Crippen LogP contribution < -0.4 is 0 Å². The second kappa shape index (κ2) is 7.63. The molecule has 5 saturated carbocycles. The monoisotopic (exact) mass is 482 g/mol. The SMILES string of the molecule is C=C(C)C1CCC2(C)CCC3(C)C(C)(CCC4C5(C)CCC(OC(C)=O)C(C)(C)C5CCC43C)C12. The molecule has 5 aliphatic rings. The highest BCUT2D eigenvalue weighted by Gasteiger charge is 2.74. The molecular weight excluding hydrogens is 428 g/mol. The largest absolute Gasteiger partial charge is 0.462 e. The molecule has 198 valence electrons. The summed E-state index contributed by atoms with van der Waals surface area (Å²) in [4.78, 5) is 11.9. The molecule has 0 radical (unpaired) electrons. The van der Waals surface area contributed by atoms with Crippen molar-refractivity contribution in [2.45, 2.75) is 133 Å². The van der Waals surface area contributed by atoms with Crippen molar-refractivity contribution in [2.24, 2.45) is 56.2 Å². The summed E-state index contributed by atoms with van der Waals surface area (Å²) in [6.45, 7) is 26.7. The van der Waals surface area contributed by atoms with E-state index in [1.54, 1.807) is 6.92 Å².